The molecule has 144 valence electrons. The van der Waals surface area contributed by atoms with Crippen LogP contribution in [0.5, 0.6) is 0 Å². The summed E-state index contributed by atoms with van der Waals surface area (Å²) in [5.74, 6) is -1.72. The van der Waals surface area contributed by atoms with Crippen molar-refractivity contribution in [2.24, 2.45) is 5.92 Å². The summed E-state index contributed by atoms with van der Waals surface area (Å²) in [4.78, 5) is 41.5. The molecule has 2 rings (SSSR count). The number of nitrogens with zero attached hydrogens (tertiary/aromatic N) is 2. The van der Waals surface area contributed by atoms with Crippen molar-refractivity contribution < 1.29 is 19.5 Å². The van der Waals surface area contributed by atoms with Gasteiger partial charge in [-0.15, -0.1) is 11.3 Å². The Kier molecular flexibility index (Phi) is 7.06. The van der Waals surface area contributed by atoms with Crippen LogP contribution in [-0.2, 0) is 27.3 Å². The lowest BCUT2D eigenvalue weighted by atomic mass is 10.1. The number of amides is 2. The van der Waals surface area contributed by atoms with Crippen LogP contribution in [0.25, 0.3) is 0 Å². The highest BCUT2D eigenvalue weighted by molar-refractivity contribution is 7.13. The van der Waals surface area contributed by atoms with E-state index < -0.39 is 12.0 Å². The first-order valence-electron chi connectivity index (χ1n) is 8.59. The Morgan fingerprint density at radius 1 is 1.19 bits per heavy atom. The Balaban J connectivity index is 2.10. The van der Waals surface area contributed by atoms with Gasteiger partial charge in [0.05, 0.1) is 12.1 Å². The van der Waals surface area contributed by atoms with Gasteiger partial charge in [-0.25, -0.2) is 9.78 Å². The van der Waals surface area contributed by atoms with Gasteiger partial charge in [0.15, 0.2) is 5.13 Å². The fraction of sp³-hybridized carbons (Fsp3) is 0.368. The van der Waals surface area contributed by atoms with Gasteiger partial charge in [0.1, 0.15) is 6.04 Å². The quantitative estimate of drug-likeness (QED) is 0.723. The van der Waals surface area contributed by atoms with Gasteiger partial charge in [-0.2, -0.15) is 0 Å². The molecule has 2 amide bonds. The minimum atomic E-state index is -1.07. The molecule has 1 atom stereocenters. The van der Waals surface area contributed by atoms with E-state index in [-0.39, 0.29) is 30.7 Å². The van der Waals surface area contributed by atoms with Crippen LogP contribution in [0.1, 0.15) is 32.0 Å². The molecule has 2 aromatic rings. The van der Waals surface area contributed by atoms with Crippen LogP contribution in [-0.4, -0.2) is 38.8 Å². The lowest BCUT2D eigenvalue weighted by Crippen LogP contribution is -2.43. The largest absolute Gasteiger partial charge is 0.480 e. The molecule has 0 fully saturated rings. The summed E-state index contributed by atoms with van der Waals surface area (Å²) >= 11 is 1.24. The van der Waals surface area contributed by atoms with Gasteiger partial charge in [0.2, 0.25) is 11.8 Å². The van der Waals surface area contributed by atoms with E-state index in [0.717, 1.165) is 5.56 Å². The monoisotopic (exact) mass is 389 g/mol. The standard InChI is InChI=1S/C19H23N3O4S/c1-12(2)17(24)21-19-20-15(11-27-19)9-16(23)22(13(3)18(25)26)10-14-7-5-4-6-8-14/h4-8,11-13H,9-10H2,1-3H3,(H,25,26)(H,20,21,24). The SMILES string of the molecule is CC(C)C(=O)Nc1nc(CC(=O)N(Cc2ccccc2)C(C)C(=O)O)cs1. The number of hydrogen-bond donors (Lipinski definition) is 2. The lowest BCUT2D eigenvalue weighted by Gasteiger charge is -2.26. The smallest absolute Gasteiger partial charge is 0.326 e. The fourth-order valence-corrected chi connectivity index (χ4v) is 3.02. The van der Waals surface area contributed by atoms with Gasteiger partial charge in [-0.3, -0.25) is 9.59 Å². The van der Waals surface area contributed by atoms with Gasteiger partial charge in [-0.1, -0.05) is 44.2 Å². The first-order chi connectivity index (χ1) is 12.8. The third-order valence-corrected chi connectivity index (χ3v) is 4.79. The zero-order valence-electron chi connectivity index (χ0n) is 15.5. The molecule has 0 spiro atoms. The summed E-state index contributed by atoms with van der Waals surface area (Å²) < 4.78 is 0. The number of anilines is 1. The van der Waals surface area contributed by atoms with Crippen LogP contribution >= 0.6 is 11.3 Å². The Hall–Kier alpha value is -2.74. The number of thiazole rings is 1. The maximum absolute atomic E-state index is 12.7. The third kappa shape index (κ3) is 5.89. The Labute approximate surface area is 162 Å². The molecule has 1 unspecified atom stereocenters. The molecule has 0 saturated carbocycles. The molecule has 0 aliphatic carbocycles. The highest BCUT2D eigenvalue weighted by Crippen LogP contribution is 2.18. The minimum absolute atomic E-state index is 0.0293. The second-order valence-electron chi connectivity index (χ2n) is 6.49. The number of carbonyl (C=O) groups is 3. The zero-order chi connectivity index (χ0) is 20.0. The fourth-order valence-electron chi connectivity index (χ4n) is 2.31. The molecule has 7 nitrogen and oxygen atoms in total. The van der Waals surface area contributed by atoms with Crippen LogP contribution in [0.15, 0.2) is 35.7 Å². The molecule has 0 radical (unpaired) electrons. The van der Waals surface area contributed by atoms with Gasteiger partial charge < -0.3 is 15.3 Å². The number of hydrogen-bond acceptors (Lipinski definition) is 5. The number of aromatic nitrogens is 1. The number of benzene rings is 1. The van der Waals surface area contributed by atoms with Gasteiger partial charge in [0, 0.05) is 17.8 Å². The first-order valence-corrected chi connectivity index (χ1v) is 9.47. The minimum Gasteiger partial charge on any atom is -0.480 e. The topological polar surface area (TPSA) is 99.6 Å². The lowest BCUT2D eigenvalue weighted by molar-refractivity contribution is -0.149. The average Bonchev–Trinajstić information content (AvgIpc) is 3.06. The van der Waals surface area contributed by atoms with Crippen molar-refractivity contribution in [2.45, 2.75) is 39.8 Å². The number of carboxylic acids is 1. The normalized spacial score (nSPS) is 11.9. The van der Waals surface area contributed by atoms with Gasteiger partial charge in [0.25, 0.3) is 0 Å². The third-order valence-electron chi connectivity index (χ3n) is 3.98. The highest BCUT2D eigenvalue weighted by atomic mass is 32.1. The van der Waals surface area contributed by atoms with Crippen molar-refractivity contribution in [3.8, 4) is 0 Å². The van der Waals surface area contributed by atoms with Crippen molar-refractivity contribution in [1.29, 1.82) is 0 Å². The molecule has 1 aromatic carbocycles. The van der Waals surface area contributed by atoms with E-state index in [0.29, 0.717) is 10.8 Å². The molecule has 1 heterocycles. The van der Waals surface area contributed by atoms with Crippen LogP contribution in [0, 0.1) is 5.92 Å². The molecule has 8 heteroatoms. The van der Waals surface area contributed by atoms with Crippen molar-refractivity contribution >= 4 is 34.3 Å². The molecule has 1 aromatic heterocycles. The Morgan fingerprint density at radius 3 is 2.44 bits per heavy atom. The van der Waals surface area contributed by atoms with E-state index >= 15 is 0 Å². The molecular weight excluding hydrogens is 366 g/mol. The molecular formula is C19H23N3O4S. The van der Waals surface area contributed by atoms with Crippen LogP contribution < -0.4 is 5.32 Å². The maximum Gasteiger partial charge on any atom is 0.326 e. The van der Waals surface area contributed by atoms with E-state index in [1.54, 1.807) is 19.2 Å². The van der Waals surface area contributed by atoms with E-state index in [1.807, 2.05) is 30.3 Å². The van der Waals surface area contributed by atoms with E-state index in [4.69, 9.17) is 0 Å². The van der Waals surface area contributed by atoms with E-state index in [2.05, 4.69) is 10.3 Å². The zero-order valence-corrected chi connectivity index (χ0v) is 16.3. The van der Waals surface area contributed by atoms with Crippen LogP contribution in [0.2, 0.25) is 0 Å². The second-order valence-corrected chi connectivity index (χ2v) is 7.34. The molecule has 27 heavy (non-hydrogen) atoms. The first kappa shape index (κ1) is 20.6. The maximum atomic E-state index is 12.7. The summed E-state index contributed by atoms with van der Waals surface area (Å²) in [6.07, 6.45) is -0.0293. The number of nitrogens with one attached hydrogen (secondary N) is 1. The van der Waals surface area contributed by atoms with Crippen molar-refractivity contribution in [3.05, 3.63) is 47.0 Å². The summed E-state index contributed by atoms with van der Waals surface area (Å²) in [5, 5.41) is 14.2. The van der Waals surface area contributed by atoms with Crippen molar-refractivity contribution in [3.63, 3.8) is 0 Å². The van der Waals surface area contributed by atoms with Gasteiger partial charge >= 0.3 is 5.97 Å². The average molecular weight is 389 g/mol. The van der Waals surface area contributed by atoms with Crippen molar-refractivity contribution in [2.75, 3.05) is 5.32 Å². The predicted octanol–water partition coefficient (Wildman–Crippen LogP) is 2.78. The molecule has 0 saturated heterocycles. The van der Waals surface area contributed by atoms with Crippen molar-refractivity contribution in [1.82, 2.24) is 9.88 Å². The summed E-state index contributed by atoms with van der Waals surface area (Å²) in [5.41, 5.74) is 1.35. The Bertz CT molecular complexity index is 804. The number of aliphatic carboxylic acids is 1. The molecule has 2 N–H and O–H groups in total. The summed E-state index contributed by atoms with van der Waals surface area (Å²) in [6, 6.07) is 8.27. The molecule has 0 bridgehead atoms. The summed E-state index contributed by atoms with van der Waals surface area (Å²) in [7, 11) is 0. The second kappa shape index (κ2) is 9.27. The number of rotatable bonds is 8. The molecule has 0 aliphatic rings. The highest BCUT2D eigenvalue weighted by Gasteiger charge is 2.26. The van der Waals surface area contributed by atoms with Crippen LogP contribution in [0.4, 0.5) is 5.13 Å². The summed E-state index contributed by atoms with van der Waals surface area (Å²) in [6.45, 7) is 5.25. The Morgan fingerprint density at radius 2 is 1.85 bits per heavy atom. The molecule has 0 aliphatic heterocycles. The van der Waals surface area contributed by atoms with E-state index in [9.17, 15) is 19.5 Å². The number of carbonyl (C=O) groups excluding carboxylic acids is 2. The van der Waals surface area contributed by atoms with Crippen LogP contribution in [0.3, 0.4) is 0 Å². The predicted molar refractivity (Wildman–Crippen MR) is 103 cm³/mol. The van der Waals surface area contributed by atoms with Gasteiger partial charge in [-0.05, 0) is 12.5 Å². The van der Waals surface area contributed by atoms with E-state index in [1.165, 1.54) is 23.2 Å². The number of carboxylic acid groups (broad SMARTS) is 1.